The Morgan fingerprint density at radius 2 is 1.64 bits per heavy atom. The van der Waals surface area contributed by atoms with Crippen LogP contribution >= 0.6 is 0 Å². The third-order valence-corrected chi connectivity index (χ3v) is 8.04. The second-order valence-corrected chi connectivity index (χ2v) is 13.6. The van der Waals surface area contributed by atoms with Gasteiger partial charge in [-0.25, -0.2) is 0 Å². The van der Waals surface area contributed by atoms with Crippen LogP contribution in [0.2, 0.25) is 12.6 Å². The first kappa shape index (κ1) is 25.1. The first-order valence-electron chi connectivity index (χ1n) is 10.6. The van der Waals surface area contributed by atoms with Crippen LogP contribution in [0, 0.1) is 5.41 Å². The standard InChI is InChI=1S/C21H41NO5Si/c1-9-25-18(23)13-12-17(22-14-10-11-15-22)27-28(8,16-20(2,3)4)19(24)26-21(5,6)7/h17H,9-16H2,1-8H3. The molecule has 1 saturated heterocycles. The van der Waals surface area contributed by atoms with E-state index in [4.69, 9.17) is 13.9 Å². The number of carbonyl (C=O) groups is 2. The molecule has 0 spiro atoms. The number of carbonyl (C=O) groups excluding carboxylic acids is 2. The van der Waals surface area contributed by atoms with Crippen molar-refractivity contribution in [2.24, 2.45) is 5.41 Å². The highest BCUT2D eigenvalue weighted by Crippen LogP contribution is 2.33. The number of ether oxygens (including phenoxy) is 2. The largest absolute Gasteiger partial charge is 0.466 e. The van der Waals surface area contributed by atoms with Gasteiger partial charge in [-0.3, -0.25) is 14.5 Å². The lowest BCUT2D eigenvalue weighted by atomic mass is 10.0. The number of esters is 1. The molecule has 0 aromatic heterocycles. The summed E-state index contributed by atoms with van der Waals surface area (Å²) >= 11 is 0. The number of likely N-dealkylation sites (tertiary alicyclic amines) is 1. The maximum absolute atomic E-state index is 13.2. The average molecular weight is 416 g/mol. The number of rotatable bonds is 9. The summed E-state index contributed by atoms with van der Waals surface area (Å²) < 4.78 is 17.5. The van der Waals surface area contributed by atoms with Crippen molar-refractivity contribution in [2.75, 3.05) is 19.7 Å². The lowest BCUT2D eigenvalue weighted by molar-refractivity contribution is -0.144. The Hall–Kier alpha value is -0.923. The highest BCUT2D eigenvalue weighted by Gasteiger charge is 2.47. The first-order chi connectivity index (χ1) is 12.8. The highest BCUT2D eigenvalue weighted by atomic mass is 28.4. The zero-order valence-electron chi connectivity index (χ0n) is 19.2. The number of hydrogen-bond acceptors (Lipinski definition) is 6. The molecule has 1 aliphatic rings. The summed E-state index contributed by atoms with van der Waals surface area (Å²) in [6.45, 7) is 18.0. The van der Waals surface area contributed by atoms with Gasteiger partial charge < -0.3 is 13.9 Å². The average Bonchev–Trinajstić information content (AvgIpc) is 3.02. The molecule has 0 amide bonds. The van der Waals surface area contributed by atoms with Gasteiger partial charge in [-0.05, 0) is 65.0 Å². The van der Waals surface area contributed by atoms with E-state index in [0.717, 1.165) is 25.9 Å². The molecule has 0 aromatic carbocycles. The molecular formula is C21H41NO5Si. The van der Waals surface area contributed by atoms with Crippen LogP contribution in [-0.2, 0) is 18.7 Å². The van der Waals surface area contributed by atoms with Crippen molar-refractivity contribution in [3.63, 3.8) is 0 Å². The Morgan fingerprint density at radius 3 is 2.11 bits per heavy atom. The summed E-state index contributed by atoms with van der Waals surface area (Å²) in [6.07, 6.45) is 2.81. The van der Waals surface area contributed by atoms with Gasteiger partial charge in [-0.2, -0.15) is 0 Å². The van der Waals surface area contributed by atoms with Gasteiger partial charge in [-0.1, -0.05) is 20.8 Å². The Kier molecular flexibility index (Phi) is 9.16. The van der Waals surface area contributed by atoms with Crippen molar-refractivity contribution < 1.29 is 23.5 Å². The summed E-state index contributed by atoms with van der Waals surface area (Å²) in [5, 5.41) is 0. The number of nitrogens with zero attached hydrogens (tertiary/aromatic N) is 1. The van der Waals surface area contributed by atoms with Crippen molar-refractivity contribution in [1.82, 2.24) is 4.90 Å². The Morgan fingerprint density at radius 1 is 1.07 bits per heavy atom. The van der Waals surface area contributed by atoms with E-state index < -0.39 is 13.9 Å². The van der Waals surface area contributed by atoms with Gasteiger partial charge in [0.05, 0.1) is 6.61 Å². The third kappa shape index (κ3) is 9.05. The van der Waals surface area contributed by atoms with Crippen LogP contribution in [-0.4, -0.2) is 56.3 Å². The van der Waals surface area contributed by atoms with Gasteiger partial charge >= 0.3 is 19.9 Å². The SMILES string of the molecule is CCOC(=O)CCC(O[Si](C)(CC(C)(C)C)C(=O)OC(C)(C)C)N1CCCC1. The zero-order chi connectivity index (χ0) is 21.6. The van der Waals surface area contributed by atoms with Crippen molar-refractivity contribution >= 4 is 19.9 Å². The predicted octanol–water partition coefficient (Wildman–Crippen LogP) is 4.91. The molecule has 0 aromatic rings. The molecule has 1 heterocycles. The minimum Gasteiger partial charge on any atom is -0.466 e. The Labute approximate surface area is 172 Å². The van der Waals surface area contributed by atoms with E-state index in [9.17, 15) is 9.59 Å². The van der Waals surface area contributed by atoms with Crippen LogP contribution in [0.1, 0.15) is 74.1 Å². The van der Waals surface area contributed by atoms with Gasteiger partial charge in [0.25, 0.3) is 0 Å². The fourth-order valence-corrected chi connectivity index (χ4v) is 7.42. The molecule has 0 N–H and O–H groups in total. The van der Waals surface area contributed by atoms with Crippen LogP contribution in [0.15, 0.2) is 0 Å². The molecule has 1 aliphatic heterocycles. The Balaban J connectivity index is 3.02. The summed E-state index contributed by atoms with van der Waals surface area (Å²) in [5.41, 5.74) is -0.829. The molecule has 2 unspecified atom stereocenters. The minimum absolute atomic E-state index is 0.0609. The minimum atomic E-state index is -2.87. The summed E-state index contributed by atoms with van der Waals surface area (Å²) in [4.78, 5) is 27.3. The monoisotopic (exact) mass is 415 g/mol. The fraction of sp³-hybridized carbons (Fsp3) is 0.905. The molecule has 28 heavy (non-hydrogen) atoms. The smallest absolute Gasteiger partial charge is 0.316 e. The summed E-state index contributed by atoms with van der Waals surface area (Å²) in [7, 11) is -2.87. The topological polar surface area (TPSA) is 65.1 Å². The second-order valence-electron chi connectivity index (χ2n) is 10.1. The van der Waals surface area contributed by atoms with Gasteiger partial charge in [0, 0.05) is 19.5 Å². The fourth-order valence-electron chi connectivity index (χ4n) is 3.68. The van der Waals surface area contributed by atoms with Gasteiger partial charge in [0.1, 0.15) is 11.8 Å². The third-order valence-electron chi connectivity index (χ3n) is 4.54. The van der Waals surface area contributed by atoms with Crippen LogP contribution < -0.4 is 0 Å². The van der Waals surface area contributed by atoms with Crippen LogP contribution in [0.25, 0.3) is 0 Å². The quantitative estimate of drug-likeness (QED) is 0.394. The van der Waals surface area contributed by atoms with Gasteiger partial charge in [-0.15, -0.1) is 0 Å². The van der Waals surface area contributed by atoms with E-state index in [1.54, 1.807) is 0 Å². The van der Waals surface area contributed by atoms with E-state index in [2.05, 4.69) is 25.7 Å². The van der Waals surface area contributed by atoms with Crippen LogP contribution in [0.5, 0.6) is 0 Å². The summed E-state index contributed by atoms with van der Waals surface area (Å²) in [6, 6.07) is 0.665. The zero-order valence-corrected chi connectivity index (χ0v) is 20.2. The normalized spacial score (nSPS) is 19.1. The first-order valence-corrected chi connectivity index (χ1v) is 13.2. The molecule has 0 saturated carbocycles. The molecule has 164 valence electrons. The van der Waals surface area contributed by atoms with E-state index in [-0.39, 0.29) is 23.2 Å². The lowest BCUT2D eigenvalue weighted by Gasteiger charge is -2.39. The molecule has 2 atom stereocenters. The Bertz CT molecular complexity index is 520. The molecule has 0 bridgehead atoms. The van der Waals surface area contributed by atoms with E-state index in [1.165, 1.54) is 0 Å². The van der Waals surface area contributed by atoms with Crippen molar-refractivity contribution in [3.8, 4) is 0 Å². The molecule has 6 nitrogen and oxygen atoms in total. The molecule has 0 radical (unpaired) electrons. The molecule has 7 heteroatoms. The van der Waals surface area contributed by atoms with Crippen LogP contribution in [0.4, 0.5) is 4.79 Å². The van der Waals surface area contributed by atoms with E-state index >= 15 is 0 Å². The van der Waals surface area contributed by atoms with Gasteiger partial charge in [0.15, 0.2) is 0 Å². The maximum Gasteiger partial charge on any atom is 0.316 e. The van der Waals surface area contributed by atoms with E-state index in [0.29, 0.717) is 25.5 Å². The van der Waals surface area contributed by atoms with E-state index in [1.807, 2.05) is 34.2 Å². The van der Waals surface area contributed by atoms with Crippen LogP contribution in [0.3, 0.4) is 0 Å². The molecular weight excluding hydrogens is 374 g/mol. The second kappa shape index (κ2) is 10.2. The molecule has 0 aliphatic carbocycles. The maximum atomic E-state index is 13.2. The predicted molar refractivity (Wildman–Crippen MR) is 114 cm³/mol. The highest BCUT2D eigenvalue weighted by molar-refractivity contribution is 6.99. The number of hydrogen-bond donors (Lipinski definition) is 0. The lowest BCUT2D eigenvalue weighted by Crippen LogP contribution is -2.54. The van der Waals surface area contributed by atoms with Crippen molar-refractivity contribution in [3.05, 3.63) is 0 Å². The molecule has 1 fully saturated rings. The van der Waals surface area contributed by atoms with Crippen molar-refractivity contribution in [2.45, 2.75) is 98.6 Å². The van der Waals surface area contributed by atoms with Gasteiger partial charge in [0.2, 0.25) is 0 Å². The van der Waals surface area contributed by atoms with Crippen molar-refractivity contribution in [1.29, 1.82) is 0 Å². The summed E-state index contributed by atoms with van der Waals surface area (Å²) in [5.74, 6) is -0.216. The molecule has 1 rings (SSSR count).